The summed E-state index contributed by atoms with van der Waals surface area (Å²) in [7, 11) is 0. The number of amides is 1. The number of benzene rings is 1. The van der Waals surface area contributed by atoms with E-state index in [2.05, 4.69) is 10.2 Å². The summed E-state index contributed by atoms with van der Waals surface area (Å²) in [5.41, 5.74) is 0.639. The number of rotatable bonds is 10. The number of ether oxygens (including phenoxy) is 2. The lowest BCUT2D eigenvalue weighted by Gasteiger charge is -2.07. The number of hydrogen-bond donors (Lipinski definition) is 1. The Bertz CT molecular complexity index is 535. The molecule has 1 N–H and O–H groups in total. The number of carbonyl (C=O) groups is 2. The zero-order chi connectivity index (χ0) is 16.9. The molecule has 0 bridgehead atoms. The number of nitrogens with zero attached hydrogens (tertiary/aromatic N) is 1. The van der Waals surface area contributed by atoms with Gasteiger partial charge >= 0.3 is 11.9 Å². The number of nitrogens with one attached hydrogen (secondary N) is 1. The highest BCUT2D eigenvalue weighted by Crippen LogP contribution is 2.16. The molecule has 0 aliphatic carbocycles. The maximum Gasteiger partial charge on any atom is 0.305 e. The van der Waals surface area contributed by atoms with Gasteiger partial charge in [-0.1, -0.05) is 0 Å². The number of carbonyl (C=O) groups excluding carboxylic acids is 2. The fourth-order valence-corrected chi connectivity index (χ4v) is 1.88. The molecule has 0 unspecified atom stereocenters. The first kappa shape index (κ1) is 18.5. The summed E-state index contributed by atoms with van der Waals surface area (Å²) in [4.78, 5) is 25.4. The van der Waals surface area contributed by atoms with Gasteiger partial charge in [0.15, 0.2) is 0 Å². The molecule has 6 heteroatoms. The molecule has 0 aliphatic rings. The van der Waals surface area contributed by atoms with Crippen molar-refractivity contribution in [2.45, 2.75) is 32.6 Å². The van der Waals surface area contributed by atoms with Crippen molar-refractivity contribution in [1.29, 1.82) is 0 Å². The van der Waals surface area contributed by atoms with E-state index in [4.69, 9.17) is 16.0 Å². The molecule has 0 atom stereocenters. The van der Waals surface area contributed by atoms with Gasteiger partial charge in [-0.15, -0.1) is 0 Å². The predicted molar refractivity (Wildman–Crippen MR) is 87.1 cm³/mol. The van der Waals surface area contributed by atoms with Gasteiger partial charge in [0.2, 0.25) is 0 Å². The number of hydrogen-bond acceptors (Lipinski definition) is 4. The molecule has 1 rings (SSSR count). The molecule has 0 fully saturated rings. The SMILES string of the molecule is [C-]#[N+]CC(=O)Nc1ccc(OCCCCCC(=O)OCC)cc1. The molecule has 0 aromatic heterocycles. The van der Waals surface area contributed by atoms with Gasteiger partial charge in [-0.25, -0.2) is 6.57 Å². The molecule has 124 valence electrons. The molecular formula is C17H22N2O4. The largest absolute Gasteiger partial charge is 0.494 e. The Morgan fingerprint density at radius 1 is 1.17 bits per heavy atom. The van der Waals surface area contributed by atoms with Gasteiger partial charge in [-0.3, -0.25) is 9.59 Å². The van der Waals surface area contributed by atoms with Gasteiger partial charge in [0, 0.05) is 12.1 Å². The van der Waals surface area contributed by atoms with Crippen LogP contribution in [0, 0.1) is 6.57 Å². The lowest BCUT2D eigenvalue weighted by Crippen LogP contribution is -2.13. The van der Waals surface area contributed by atoms with Crippen molar-refractivity contribution in [1.82, 2.24) is 0 Å². The third-order valence-electron chi connectivity index (χ3n) is 2.96. The number of unbranched alkanes of at least 4 members (excludes halogenated alkanes) is 2. The number of anilines is 1. The summed E-state index contributed by atoms with van der Waals surface area (Å²) in [6, 6.07) is 7.01. The van der Waals surface area contributed by atoms with Crippen molar-refractivity contribution < 1.29 is 19.1 Å². The van der Waals surface area contributed by atoms with Crippen LogP contribution in [0.4, 0.5) is 5.69 Å². The molecule has 1 aromatic rings. The van der Waals surface area contributed by atoms with Crippen molar-refractivity contribution in [3.05, 3.63) is 35.7 Å². The van der Waals surface area contributed by atoms with Gasteiger partial charge in [-0.05, 0) is 50.5 Å². The Balaban J connectivity index is 2.17. The van der Waals surface area contributed by atoms with Crippen molar-refractivity contribution >= 4 is 17.6 Å². The maximum absolute atomic E-state index is 11.3. The summed E-state index contributed by atoms with van der Waals surface area (Å²) in [6.45, 7) is 9.24. The maximum atomic E-state index is 11.3. The monoisotopic (exact) mass is 318 g/mol. The smallest absolute Gasteiger partial charge is 0.305 e. The normalized spacial score (nSPS) is 9.74. The molecule has 23 heavy (non-hydrogen) atoms. The topological polar surface area (TPSA) is 69.0 Å². The van der Waals surface area contributed by atoms with Crippen LogP contribution in [0.15, 0.2) is 24.3 Å². The van der Waals surface area contributed by atoms with E-state index in [0.29, 0.717) is 25.3 Å². The number of esters is 1. The molecular weight excluding hydrogens is 296 g/mol. The zero-order valence-electron chi connectivity index (χ0n) is 13.3. The molecule has 1 aromatic carbocycles. The summed E-state index contributed by atoms with van der Waals surface area (Å²) < 4.78 is 10.4. The van der Waals surface area contributed by atoms with Crippen molar-refractivity contribution in [3.8, 4) is 5.75 Å². The quantitative estimate of drug-likeness (QED) is 0.409. The first-order chi connectivity index (χ1) is 11.2. The molecule has 0 saturated heterocycles. The van der Waals surface area contributed by atoms with E-state index in [1.165, 1.54) is 0 Å². The molecule has 6 nitrogen and oxygen atoms in total. The Labute approximate surface area is 136 Å². The zero-order valence-corrected chi connectivity index (χ0v) is 13.3. The van der Waals surface area contributed by atoms with Gasteiger partial charge in [0.1, 0.15) is 5.75 Å². The van der Waals surface area contributed by atoms with Crippen LogP contribution in [0.5, 0.6) is 5.75 Å². The second-order valence-electron chi connectivity index (χ2n) is 4.85. The average Bonchev–Trinajstić information content (AvgIpc) is 2.53. The van der Waals surface area contributed by atoms with Crippen LogP contribution >= 0.6 is 0 Å². The first-order valence-electron chi connectivity index (χ1n) is 7.67. The van der Waals surface area contributed by atoms with E-state index in [9.17, 15) is 9.59 Å². The van der Waals surface area contributed by atoms with E-state index in [1.54, 1.807) is 31.2 Å². The Morgan fingerprint density at radius 2 is 1.91 bits per heavy atom. The standard InChI is InChI=1S/C17H22N2O4/c1-3-22-17(21)7-5-4-6-12-23-15-10-8-14(9-11-15)19-16(20)13-18-2/h8-11H,3-7,12-13H2,1H3,(H,19,20). The van der Waals surface area contributed by atoms with Gasteiger partial charge in [0.25, 0.3) is 6.54 Å². The molecule has 1 amide bonds. The van der Waals surface area contributed by atoms with Gasteiger partial charge in [-0.2, -0.15) is 0 Å². The Hall–Kier alpha value is -2.55. The van der Waals surface area contributed by atoms with Crippen LogP contribution in [-0.2, 0) is 14.3 Å². The second kappa shape index (κ2) is 11.1. The van der Waals surface area contributed by atoms with Crippen LogP contribution in [0.2, 0.25) is 0 Å². The minimum absolute atomic E-state index is 0.149. The summed E-state index contributed by atoms with van der Waals surface area (Å²) in [6.07, 6.45) is 3.02. The van der Waals surface area contributed by atoms with E-state index in [-0.39, 0.29) is 18.4 Å². The average molecular weight is 318 g/mol. The minimum atomic E-state index is -0.324. The Kier molecular flexibility index (Phi) is 8.91. The molecule has 0 radical (unpaired) electrons. The molecule has 0 aliphatic heterocycles. The fraction of sp³-hybridized carbons (Fsp3) is 0.471. The van der Waals surface area contributed by atoms with Crippen molar-refractivity contribution in [2.24, 2.45) is 0 Å². The van der Waals surface area contributed by atoms with Crippen LogP contribution in [0.1, 0.15) is 32.6 Å². The van der Waals surface area contributed by atoms with Gasteiger partial charge in [0.05, 0.1) is 13.2 Å². The van der Waals surface area contributed by atoms with Crippen molar-refractivity contribution in [2.75, 3.05) is 25.1 Å². The van der Waals surface area contributed by atoms with Crippen LogP contribution in [0.3, 0.4) is 0 Å². The van der Waals surface area contributed by atoms with E-state index >= 15 is 0 Å². The lowest BCUT2D eigenvalue weighted by molar-refractivity contribution is -0.143. The summed E-state index contributed by atoms with van der Waals surface area (Å²) >= 11 is 0. The fourth-order valence-electron chi connectivity index (χ4n) is 1.88. The third kappa shape index (κ3) is 8.47. The molecule has 0 spiro atoms. The molecule has 0 saturated carbocycles. The first-order valence-corrected chi connectivity index (χ1v) is 7.67. The predicted octanol–water partition coefficient (Wildman–Crippen LogP) is 3.05. The van der Waals surface area contributed by atoms with Gasteiger partial charge < -0.3 is 19.6 Å². The lowest BCUT2D eigenvalue weighted by atomic mass is 10.2. The van der Waals surface area contributed by atoms with Crippen LogP contribution in [0.25, 0.3) is 4.85 Å². The minimum Gasteiger partial charge on any atom is -0.494 e. The second-order valence-corrected chi connectivity index (χ2v) is 4.85. The highest BCUT2D eigenvalue weighted by atomic mass is 16.5. The van der Waals surface area contributed by atoms with E-state index < -0.39 is 0 Å². The Morgan fingerprint density at radius 3 is 2.57 bits per heavy atom. The van der Waals surface area contributed by atoms with Crippen molar-refractivity contribution in [3.63, 3.8) is 0 Å². The molecule has 0 heterocycles. The highest BCUT2D eigenvalue weighted by Gasteiger charge is 2.04. The van der Waals surface area contributed by atoms with Crippen LogP contribution in [-0.4, -0.2) is 31.6 Å². The summed E-state index contributed by atoms with van der Waals surface area (Å²) in [5, 5.41) is 2.62. The van der Waals surface area contributed by atoms with E-state index in [1.807, 2.05) is 0 Å². The third-order valence-corrected chi connectivity index (χ3v) is 2.96. The summed E-state index contributed by atoms with van der Waals surface area (Å²) in [5.74, 6) is 0.248. The van der Waals surface area contributed by atoms with Crippen LogP contribution < -0.4 is 10.1 Å². The highest BCUT2D eigenvalue weighted by molar-refractivity contribution is 5.93. The van der Waals surface area contributed by atoms with E-state index in [0.717, 1.165) is 25.0 Å².